The van der Waals surface area contributed by atoms with E-state index in [0.29, 0.717) is 10.7 Å². The zero-order valence-corrected chi connectivity index (χ0v) is 18.7. The van der Waals surface area contributed by atoms with Crippen LogP contribution in [0.3, 0.4) is 0 Å². The van der Waals surface area contributed by atoms with Crippen molar-refractivity contribution < 1.29 is 4.39 Å². The number of anilines is 1. The fourth-order valence-electron chi connectivity index (χ4n) is 4.36. The highest BCUT2D eigenvalue weighted by Crippen LogP contribution is 2.42. The summed E-state index contributed by atoms with van der Waals surface area (Å²) in [6, 6.07) is 23.2. The predicted molar refractivity (Wildman–Crippen MR) is 130 cm³/mol. The van der Waals surface area contributed by atoms with Gasteiger partial charge in [0, 0.05) is 29.5 Å². The number of aryl methyl sites for hydroxylation is 2. The summed E-state index contributed by atoms with van der Waals surface area (Å²) in [5, 5.41) is 4.06. The van der Waals surface area contributed by atoms with Crippen molar-refractivity contribution in [3.05, 3.63) is 114 Å². The molecule has 0 saturated carbocycles. The van der Waals surface area contributed by atoms with Gasteiger partial charge in [0.05, 0.1) is 11.7 Å². The molecule has 0 spiro atoms. The van der Waals surface area contributed by atoms with E-state index in [1.165, 1.54) is 11.6 Å². The highest BCUT2D eigenvalue weighted by atomic mass is 32.1. The molecule has 4 nitrogen and oxygen atoms in total. The minimum Gasteiger partial charge on any atom is -0.351 e. The van der Waals surface area contributed by atoms with Crippen molar-refractivity contribution in [2.45, 2.75) is 25.9 Å². The topological polar surface area (TPSA) is 33.1 Å². The maximum atomic E-state index is 14.0. The summed E-state index contributed by atoms with van der Waals surface area (Å²) in [6.45, 7) is 3.86. The molecule has 2 aromatic carbocycles. The van der Waals surface area contributed by atoms with Crippen LogP contribution in [0, 0.1) is 19.7 Å². The van der Waals surface area contributed by atoms with Crippen molar-refractivity contribution in [2.75, 3.05) is 4.90 Å². The Kier molecular flexibility index (Phi) is 5.23. The van der Waals surface area contributed by atoms with Crippen LogP contribution in [-0.4, -0.2) is 14.7 Å². The molecule has 6 heteroatoms. The minimum atomic E-state index is -0.229. The van der Waals surface area contributed by atoms with Gasteiger partial charge in [-0.3, -0.25) is 4.98 Å². The second-order valence-corrected chi connectivity index (χ2v) is 8.46. The molecule has 2 aromatic heterocycles. The molecule has 0 radical (unpaired) electrons. The molecular weight excluding hydrogens is 419 g/mol. The standard InChI is InChI=1S/C26H23FN4S/c1-17-7-5-8-19(15-17)30-14-6-10-23(30)25-24(22-9-3-4-13-28-22)29-26(32)31(25)20-11-12-21(27)18(2)16-20/h3-16,24-25H,1-2H3,(H,29,32). The second kappa shape index (κ2) is 8.20. The first-order valence-electron chi connectivity index (χ1n) is 10.5. The lowest BCUT2D eigenvalue weighted by molar-refractivity contribution is 0.549. The first kappa shape index (κ1) is 20.4. The summed E-state index contributed by atoms with van der Waals surface area (Å²) >= 11 is 5.79. The van der Waals surface area contributed by atoms with Crippen LogP contribution in [0.4, 0.5) is 10.1 Å². The van der Waals surface area contributed by atoms with Gasteiger partial charge in [0.25, 0.3) is 0 Å². The lowest BCUT2D eigenvalue weighted by atomic mass is 10.0. The Morgan fingerprint density at radius 3 is 2.56 bits per heavy atom. The summed E-state index contributed by atoms with van der Waals surface area (Å²) in [7, 11) is 0. The molecule has 0 aliphatic carbocycles. The molecule has 0 bridgehead atoms. The Morgan fingerprint density at radius 2 is 1.81 bits per heavy atom. The van der Waals surface area contributed by atoms with Gasteiger partial charge in [0.2, 0.25) is 0 Å². The number of halogens is 1. The molecule has 2 atom stereocenters. The number of rotatable bonds is 4. The molecule has 1 fully saturated rings. The molecule has 1 aliphatic heterocycles. The summed E-state index contributed by atoms with van der Waals surface area (Å²) in [4.78, 5) is 6.69. The van der Waals surface area contributed by atoms with Crippen LogP contribution >= 0.6 is 12.2 Å². The van der Waals surface area contributed by atoms with E-state index in [4.69, 9.17) is 12.2 Å². The van der Waals surface area contributed by atoms with Gasteiger partial charge in [-0.15, -0.1) is 0 Å². The number of hydrogen-bond acceptors (Lipinski definition) is 2. The molecule has 32 heavy (non-hydrogen) atoms. The van der Waals surface area contributed by atoms with E-state index in [9.17, 15) is 4.39 Å². The molecule has 160 valence electrons. The molecule has 1 N–H and O–H groups in total. The number of pyridine rings is 1. The van der Waals surface area contributed by atoms with E-state index in [-0.39, 0.29) is 17.9 Å². The quantitative estimate of drug-likeness (QED) is 0.405. The van der Waals surface area contributed by atoms with E-state index in [1.54, 1.807) is 19.2 Å². The van der Waals surface area contributed by atoms with E-state index < -0.39 is 0 Å². The Labute approximate surface area is 192 Å². The van der Waals surface area contributed by atoms with Crippen LogP contribution in [0.15, 0.2) is 85.2 Å². The molecule has 4 aromatic rings. The fourth-order valence-corrected chi connectivity index (χ4v) is 4.71. The third-order valence-electron chi connectivity index (χ3n) is 5.88. The molecule has 3 heterocycles. The largest absolute Gasteiger partial charge is 0.351 e. The predicted octanol–water partition coefficient (Wildman–Crippen LogP) is 5.81. The number of hydrogen-bond donors (Lipinski definition) is 1. The zero-order valence-electron chi connectivity index (χ0n) is 17.9. The number of nitrogens with one attached hydrogen (secondary N) is 1. The Morgan fingerprint density at radius 1 is 0.938 bits per heavy atom. The van der Waals surface area contributed by atoms with Crippen molar-refractivity contribution in [3.8, 4) is 5.69 Å². The van der Waals surface area contributed by atoms with Gasteiger partial charge in [-0.05, 0) is 91.8 Å². The maximum Gasteiger partial charge on any atom is 0.174 e. The molecule has 1 aliphatic rings. The van der Waals surface area contributed by atoms with Gasteiger partial charge in [0.1, 0.15) is 11.9 Å². The fraction of sp³-hybridized carbons (Fsp3) is 0.154. The molecule has 2 unspecified atom stereocenters. The normalized spacial score (nSPS) is 18.1. The van der Waals surface area contributed by atoms with E-state index in [2.05, 4.69) is 63.2 Å². The van der Waals surface area contributed by atoms with Crippen molar-refractivity contribution in [1.82, 2.24) is 14.9 Å². The van der Waals surface area contributed by atoms with Crippen molar-refractivity contribution in [1.29, 1.82) is 0 Å². The van der Waals surface area contributed by atoms with Crippen molar-refractivity contribution >= 4 is 23.0 Å². The Balaban J connectivity index is 1.68. The maximum absolute atomic E-state index is 14.0. The third kappa shape index (κ3) is 3.56. The monoisotopic (exact) mass is 442 g/mol. The lowest BCUT2D eigenvalue weighted by Gasteiger charge is -2.29. The van der Waals surface area contributed by atoms with Crippen LogP contribution in [0.5, 0.6) is 0 Å². The van der Waals surface area contributed by atoms with E-state index >= 15 is 0 Å². The first-order valence-corrected chi connectivity index (χ1v) is 10.9. The lowest BCUT2D eigenvalue weighted by Crippen LogP contribution is -2.30. The van der Waals surface area contributed by atoms with Crippen LogP contribution in [0.2, 0.25) is 0 Å². The summed E-state index contributed by atoms with van der Waals surface area (Å²) in [5.41, 5.74) is 5.67. The molecule has 5 rings (SSSR count). The number of nitrogens with zero attached hydrogens (tertiary/aromatic N) is 3. The van der Waals surface area contributed by atoms with Gasteiger partial charge in [-0.25, -0.2) is 4.39 Å². The van der Waals surface area contributed by atoms with Crippen LogP contribution < -0.4 is 10.2 Å². The van der Waals surface area contributed by atoms with Gasteiger partial charge < -0.3 is 14.8 Å². The highest BCUT2D eigenvalue weighted by Gasteiger charge is 2.42. The van der Waals surface area contributed by atoms with Crippen LogP contribution in [0.1, 0.15) is 34.6 Å². The average molecular weight is 443 g/mol. The smallest absolute Gasteiger partial charge is 0.174 e. The number of thiocarbonyl (C=S) groups is 1. The minimum absolute atomic E-state index is 0.160. The van der Waals surface area contributed by atoms with Crippen LogP contribution in [-0.2, 0) is 0 Å². The SMILES string of the molecule is Cc1cccc(-n2cccc2C2C(c3ccccn3)NC(=S)N2c2ccc(F)c(C)c2)c1. The zero-order chi connectivity index (χ0) is 22.2. The Hall–Kier alpha value is -3.51. The van der Waals surface area contributed by atoms with Crippen molar-refractivity contribution in [2.24, 2.45) is 0 Å². The average Bonchev–Trinajstić information content (AvgIpc) is 3.40. The third-order valence-corrected chi connectivity index (χ3v) is 6.20. The summed E-state index contributed by atoms with van der Waals surface area (Å²) < 4.78 is 16.2. The van der Waals surface area contributed by atoms with Gasteiger partial charge in [-0.1, -0.05) is 18.2 Å². The van der Waals surface area contributed by atoms with Crippen molar-refractivity contribution in [3.63, 3.8) is 0 Å². The number of aromatic nitrogens is 2. The van der Waals surface area contributed by atoms with Gasteiger partial charge >= 0.3 is 0 Å². The van der Waals surface area contributed by atoms with Crippen LogP contribution in [0.25, 0.3) is 5.69 Å². The first-order chi connectivity index (χ1) is 15.5. The molecular formula is C26H23FN4S. The summed E-state index contributed by atoms with van der Waals surface area (Å²) in [6.07, 6.45) is 3.86. The Bertz CT molecular complexity index is 1280. The van der Waals surface area contributed by atoms with Gasteiger partial charge in [0.15, 0.2) is 5.11 Å². The summed E-state index contributed by atoms with van der Waals surface area (Å²) in [5.74, 6) is -0.229. The second-order valence-electron chi connectivity index (χ2n) is 8.07. The van der Waals surface area contributed by atoms with Gasteiger partial charge in [-0.2, -0.15) is 0 Å². The van der Waals surface area contributed by atoms with E-state index in [1.807, 2.05) is 30.3 Å². The molecule has 0 amide bonds. The van der Waals surface area contributed by atoms with E-state index in [0.717, 1.165) is 22.8 Å². The number of benzene rings is 2. The highest BCUT2D eigenvalue weighted by molar-refractivity contribution is 7.80. The molecule has 1 saturated heterocycles.